The van der Waals surface area contributed by atoms with Gasteiger partial charge in [-0.3, -0.25) is 0 Å². The van der Waals surface area contributed by atoms with Gasteiger partial charge in [0.2, 0.25) is 0 Å². The quantitative estimate of drug-likeness (QED) is 0.722. The van der Waals surface area contributed by atoms with Crippen LogP contribution in [-0.4, -0.2) is 30.2 Å². The molecular weight excluding hydrogens is 328 g/mol. The molecule has 0 saturated heterocycles. The van der Waals surface area contributed by atoms with Gasteiger partial charge < -0.3 is 14.5 Å². The van der Waals surface area contributed by atoms with E-state index in [1.54, 1.807) is 31.4 Å². The fourth-order valence-electron chi connectivity index (χ4n) is 2.37. The number of ether oxygens (including phenoxy) is 2. The number of hydrogen-bond acceptors (Lipinski definition) is 4. The van der Waals surface area contributed by atoms with Crippen LogP contribution in [0.3, 0.4) is 0 Å². The summed E-state index contributed by atoms with van der Waals surface area (Å²) in [5, 5.41) is 0.539. The van der Waals surface area contributed by atoms with Gasteiger partial charge in [0.15, 0.2) is 0 Å². The molecule has 0 aliphatic rings. The molecule has 5 nitrogen and oxygen atoms in total. The Kier molecular flexibility index (Phi) is 4.53. The zero-order valence-electron chi connectivity index (χ0n) is 13.2. The number of hydrogen-bond donors (Lipinski definition) is 1. The maximum absolute atomic E-state index is 11.8. The molecule has 0 amide bonds. The molecule has 122 valence electrons. The molecule has 0 atom stereocenters. The predicted octanol–water partition coefficient (Wildman–Crippen LogP) is 4.18. The number of methoxy groups -OCH3 is 2. The van der Waals surface area contributed by atoms with Gasteiger partial charge in [0.05, 0.1) is 30.3 Å². The molecule has 0 unspecified atom stereocenters. The highest BCUT2D eigenvalue weighted by molar-refractivity contribution is 6.32. The van der Waals surface area contributed by atoms with Gasteiger partial charge in [-0.1, -0.05) is 29.8 Å². The number of halogens is 1. The van der Waals surface area contributed by atoms with Crippen LogP contribution < -0.4 is 4.74 Å². The summed E-state index contributed by atoms with van der Waals surface area (Å²) >= 11 is 6.11. The van der Waals surface area contributed by atoms with Crippen LogP contribution in [0.25, 0.3) is 23.2 Å². The Hall–Kier alpha value is -2.79. The maximum Gasteiger partial charge on any atom is 0.340 e. The van der Waals surface area contributed by atoms with Gasteiger partial charge in [-0.25, -0.2) is 9.78 Å². The lowest BCUT2D eigenvalue weighted by atomic mass is 10.2. The molecule has 0 fully saturated rings. The van der Waals surface area contributed by atoms with Gasteiger partial charge in [0.25, 0.3) is 0 Å². The number of carbonyl (C=O) groups is 1. The lowest BCUT2D eigenvalue weighted by Gasteiger charge is -2.02. The monoisotopic (exact) mass is 342 g/mol. The Balaban J connectivity index is 1.93. The molecule has 1 heterocycles. The van der Waals surface area contributed by atoms with E-state index in [2.05, 4.69) is 9.97 Å². The van der Waals surface area contributed by atoms with Crippen molar-refractivity contribution in [3.63, 3.8) is 0 Å². The van der Waals surface area contributed by atoms with E-state index in [-0.39, 0.29) is 0 Å². The molecular formula is C18H15ClN2O3. The van der Waals surface area contributed by atoms with E-state index >= 15 is 0 Å². The fraction of sp³-hybridized carbons (Fsp3) is 0.111. The van der Waals surface area contributed by atoms with Gasteiger partial charge in [-0.15, -0.1) is 0 Å². The first kappa shape index (κ1) is 16.1. The number of imidazole rings is 1. The number of para-hydroxylation sites is 1. The van der Waals surface area contributed by atoms with Crippen LogP contribution in [0, 0.1) is 0 Å². The Bertz CT molecular complexity index is 931. The lowest BCUT2D eigenvalue weighted by Crippen LogP contribution is -2.01. The molecule has 0 aliphatic heterocycles. The average Bonchev–Trinajstić information content (AvgIpc) is 3.02. The van der Waals surface area contributed by atoms with Crippen LogP contribution >= 0.6 is 11.6 Å². The topological polar surface area (TPSA) is 64.2 Å². The van der Waals surface area contributed by atoms with Crippen molar-refractivity contribution < 1.29 is 14.3 Å². The van der Waals surface area contributed by atoms with E-state index in [1.165, 1.54) is 7.11 Å². The number of H-pyrrole nitrogens is 1. The highest BCUT2D eigenvalue weighted by Crippen LogP contribution is 2.26. The first-order valence-electron chi connectivity index (χ1n) is 7.21. The first-order valence-corrected chi connectivity index (χ1v) is 7.59. The summed E-state index contributed by atoms with van der Waals surface area (Å²) in [6.45, 7) is 0. The highest BCUT2D eigenvalue weighted by atomic mass is 35.5. The number of nitrogens with zero attached hydrogens (tertiary/aromatic N) is 1. The summed E-state index contributed by atoms with van der Waals surface area (Å²) in [4.78, 5) is 19.4. The fourth-order valence-corrected chi connectivity index (χ4v) is 2.63. The third-order valence-electron chi connectivity index (χ3n) is 3.55. The number of benzene rings is 2. The van der Waals surface area contributed by atoms with E-state index in [0.29, 0.717) is 27.7 Å². The summed E-state index contributed by atoms with van der Waals surface area (Å²) in [5.41, 5.74) is 2.69. The average molecular weight is 343 g/mol. The molecule has 0 bridgehead atoms. The zero-order valence-corrected chi connectivity index (χ0v) is 13.9. The van der Waals surface area contributed by atoms with Gasteiger partial charge in [-0.05, 0) is 35.9 Å². The summed E-state index contributed by atoms with van der Waals surface area (Å²) in [6.07, 6.45) is 3.69. The molecule has 0 saturated carbocycles. The van der Waals surface area contributed by atoms with Crippen molar-refractivity contribution in [2.75, 3.05) is 14.2 Å². The van der Waals surface area contributed by atoms with Crippen molar-refractivity contribution in [1.82, 2.24) is 9.97 Å². The molecule has 1 aromatic heterocycles. The second kappa shape index (κ2) is 6.76. The summed E-state index contributed by atoms with van der Waals surface area (Å²) in [5.74, 6) is 0.845. The van der Waals surface area contributed by atoms with E-state index in [0.717, 1.165) is 11.1 Å². The van der Waals surface area contributed by atoms with Crippen molar-refractivity contribution in [3.05, 3.63) is 58.4 Å². The lowest BCUT2D eigenvalue weighted by molar-refractivity contribution is 0.0603. The minimum atomic E-state index is -0.412. The largest absolute Gasteiger partial charge is 0.495 e. The van der Waals surface area contributed by atoms with Gasteiger partial charge >= 0.3 is 5.97 Å². The number of fused-ring (bicyclic) bond motifs is 1. The standard InChI is InChI=1S/C18H15ClN2O3/c1-23-15-8-6-11(10-13(15)19)7-9-16-20-14-5-3-4-12(17(14)21-16)18(22)24-2/h3-10H,1-2H3,(H,20,21)/b9-7+. The SMILES string of the molecule is COC(=O)c1cccc2[nH]c(/C=C/c3ccc(OC)c(Cl)c3)nc12. The number of esters is 1. The Labute approximate surface area is 143 Å². The van der Waals surface area contributed by atoms with E-state index < -0.39 is 5.97 Å². The number of aromatic nitrogens is 2. The van der Waals surface area contributed by atoms with Gasteiger partial charge in [-0.2, -0.15) is 0 Å². The summed E-state index contributed by atoms with van der Waals surface area (Å²) in [7, 11) is 2.92. The van der Waals surface area contributed by atoms with Crippen molar-refractivity contribution in [2.45, 2.75) is 0 Å². The van der Waals surface area contributed by atoms with Gasteiger partial charge in [0, 0.05) is 0 Å². The van der Waals surface area contributed by atoms with Crippen molar-refractivity contribution in [3.8, 4) is 5.75 Å². The molecule has 0 aliphatic carbocycles. The summed E-state index contributed by atoms with van der Waals surface area (Å²) < 4.78 is 9.91. The van der Waals surface area contributed by atoms with Crippen molar-refractivity contribution in [2.24, 2.45) is 0 Å². The second-order valence-corrected chi connectivity index (χ2v) is 5.45. The minimum Gasteiger partial charge on any atom is -0.495 e. The molecule has 24 heavy (non-hydrogen) atoms. The van der Waals surface area contributed by atoms with E-state index in [4.69, 9.17) is 21.1 Å². The molecule has 2 aromatic carbocycles. The molecule has 3 rings (SSSR count). The third-order valence-corrected chi connectivity index (χ3v) is 3.84. The van der Waals surface area contributed by atoms with Crippen LogP contribution in [0.4, 0.5) is 0 Å². The Morgan fingerprint density at radius 1 is 1.21 bits per heavy atom. The normalized spacial score (nSPS) is 11.1. The number of aromatic amines is 1. The van der Waals surface area contributed by atoms with Gasteiger partial charge in [0.1, 0.15) is 17.1 Å². The van der Waals surface area contributed by atoms with Crippen LogP contribution in [0.2, 0.25) is 5.02 Å². The van der Waals surface area contributed by atoms with Crippen molar-refractivity contribution >= 4 is 40.8 Å². The van der Waals surface area contributed by atoms with Crippen LogP contribution in [0.15, 0.2) is 36.4 Å². The van der Waals surface area contributed by atoms with Crippen LogP contribution in [0.5, 0.6) is 5.75 Å². The second-order valence-electron chi connectivity index (χ2n) is 5.04. The first-order chi connectivity index (χ1) is 11.6. The molecule has 0 spiro atoms. The number of rotatable bonds is 4. The smallest absolute Gasteiger partial charge is 0.340 e. The number of carbonyl (C=O) groups excluding carboxylic acids is 1. The molecule has 3 aromatic rings. The van der Waals surface area contributed by atoms with Crippen molar-refractivity contribution in [1.29, 1.82) is 0 Å². The highest BCUT2D eigenvalue weighted by Gasteiger charge is 2.13. The predicted molar refractivity (Wildman–Crippen MR) is 94.4 cm³/mol. The molecule has 1 N–H and O–H groups in total. The minimum absolute atomic E-state index is 0.412. The number of nitrogens with one attached hydrogen (secondary N) is 1. The van der Waals surface area contributed by atoms with Crippen LogP contribution in [-0.2, 0) is 4.74 Å². The maximum atomic E-state index is 11.8. The zero-order chi connectivity index (χ0) is 17.1. The summed E-state index contributed by atoms with van der Waals surface area (Å²) in [6, 6.07) is 10.8. The molecule has 0 radical (unpaired) electrons. The third kappa shape index (κ3) is 3.12. The Morgan fingerprint density at radius 3 is 2.75 bits per heavy atom. The molecule has 6 heteroatoms. The van der Waals surface area contributed by atoms with E-state index in [1.807, 2.05) is 24.3 Å². The van der Waals surface area contributed by atoms with Crippen LogP contribution in [0.1, 0.15) is 21.7 Å². The van der Waals surface area contributed by atoms with E-state index in [9.17, 15) is 4.79 Å². The Morgan fingerprint density at radius 2 is 2.04 bits per heavy atom.